The zero-order valence-corrected chi connectivity index (χ0v) is 10.2. The highest BCUT2D eigenvalue weighted by atomic mass is 35.5. The van der Waals surface area contributed by atoms with Crippen molar-refractivity contribution in [1.82, 2.24) is 5.32 Å². The maximum absolute atomic E-state index is 13.4. The van der Waals surface area contributed by atoms with Gasteiger partial charge in [-0.3, -0.25) is 4.79 Å². The molecule has 0 unspecified atom stereocenters. The van der Waals surface area contributed by atoms with Gasteiger partial charge in [0.2, 0.25) is 0 Å². The van der Waals surface area contributed by atoms with Crippen molar-refractivity contribution >= 4 is 17.5 Å². The van der Waals surface area contributed by atoms with Crippen LogP contribution in [-0.2, 0) is 0 Å². The highest BCUT2D eigenvalue weighted by Crippen LogP contribution is 2.23. The van der Waals surface area contributed by atoms with Crippen molar-refractivity contribution in [3.63, 3.8) is 0 Å². The SMILES string of the molecule is O=C(NC1CCC(Cl)CC1)c1ccccc1F. The second kappa shape index (κ2) is 5.50. The minimum Gasteiger partial charge on any atom is -0.349 e. The van der Waals surface area contributed by atoms with Gasteiger partial charge in [-0.2, -0.15) is 0 Å². The van der Waals surface area contributed by atoms with Crippen molar-refractivity contribution in [3.8, 4) is 0 Å². The van der Waals surface area contributed by atoms with Gasteiger partial charge < -0.3 is 5.32 Å². The third-order valence-corrected chi connectivity index (χ3v) is 3.55. The first-order valence-electron chi connectivity index (χ1n) is 5.86. The number of carbonyl (C=O) groups excluding carboxylic acids is 1. The van der Waals surface area contributed by atoms with Crippen LogP contribution in [0.4, 0.5) is 4.39 Å². The highest BCUT2D eigenvalue weighted by Gasteiger charge is 2.22. The summed E-state index contributed by atoms with van der Waals surface area (Å²) in [6, 6.07) is 6.15. The Morgan fingerprint density at radius 3 is 2.53 bits per heavy atom. The zero-order valence-electron chi connectivity index (χ0n) is 9.46. The number of halogens is 2. The summed E-state index contributed by atoms with van der Waals surface area (Å²) in [7, 11) is 0. The van der Waals surface area contributed by atoms with Crippen LogP contribution in [0.25, 0.3) is 0 Å². The molecule has 2 nitrogen and oxygen atoms in total. The Kier molecular flexibility index (Phi) is 4.00. The van der Waals surface area contributed by atoms with Gasteiger partial charge in [-0.1, -0.05) is 12.1 Å². The largest absolute Gasteiger partial charge is 0.349 e. The van der Waals surface area contributed by atoms with E-state index in [9.17, 15) is 9.18 Å². The summed E-state index contributed by atoms with van der Waals surface area (Å²) in [6.45, 7) is 0. The summed E-state index contributed by atoms with van der Waals surface area (Å²) in [5, 5.41) is 3.08. The van der Waals surface area contributed by atoms with E-state index >= 15 is 0 Å². The Hall–Kier alpha value is -1.09. The molecule has 0 atom stereocenters. The highest BCUT2D eigenvalue weighted by molar-refractivity contribution is 6.20. The first kappa shape index (κ1) is 12.4. The lowest BCUT2D eigenvalue weighted by Crippen LogP contribution is -2.38. The molecule has 1 fully saturated rings. The molecule has 0 spiro atoms. The molecule has 1 aliphatic rings. The Bertz CT molecular complexity index is 402. The molecule has 0 radical (unpaired) electrons. The van der Waals surface area contributed by atoms with Gasteiger partial charge in [-0.05, 0) is 37.8 Å². The Morgan fingerprint density at radius 2 is 1.88 bits per heavy atom. The molecule has 2 rings (SSSR count). The molecule has 17 heavy (non-hydrogen) atoms. The average Bonchev–Trinajstić information content (AvgIpc) is 2.32. The van der Waals surface area contributed by atoms with Gasteiger partial charge in [0, 0.05) is 11.4 Å². The number of alkyl halides is 1. The smallest absolute Gasteiger partial charge is 0.254 e. The maximum Gasteiger partial charge on any atom is 0.254 e. The molecule has 92 valence electrons. The van der Waals surface area contributed by atoms with E-state index in [1.54, 1.807) is 12.1 Å². The van der Waals surface area contributed by atoms with Crippen LogP contribution in [0.2, 0.25) is 0 Å². The predicted octanol–water partition coefficient (Wildman–Crippen LogP) is 3.11. The topological polar surface area (TPSA) is 29.1 Å². The van der Waals surface area contributed by atoms with Crippen molar-refractivity contribution in [1.29, 1.82) is 0 Å². The van der Waals surface area contributed by atoms with Crippen LogP contribution in [0.1, 0.15) is 36.0 Å². The zero-order chi connectivity index (χ0) is 12.3. The summed E-state index contributed by atoms with van der Waals surface area (Å²) < 4.78 is 13.4. The standard InChI is InChI=1S/C13H15ClFNO/c14-9-5-7-10(8-6-9)16-13(17)11-3-1-2-4-12(11)15/h1-4,9-10H,5-8H2,(H,16,17). The van der Waals surface area contributed by atoms with Gasteiger partial charge in [-0.15, -0.1) is 11.6 Å². The molecule has 1 aromatic rings. The summed E-state index contributed by atoms with van der Waals surface area (Å²) in [6.07, 6.45) is 3.55. The molecule has 1 aliphatic carbocycles. The van der Waals surface area contributed by atoms with Crippen LogP contribution < -0.4 is 5.32 Å². The number of hydrogen-bond donors (Lipinski definition) is 1. The fourth-order valence-corrected chi connectivity index (χ4v) is 2.36. The van der Waals surface area contributed by atoms with E-state index in [2.05, 4.69) is 5.32 Å². The van der Waals surface area contributed by atoms with E-state index in [0.717, 1.165) is 25.7 Å². The number of rotatable bonds is 2. The van der Waals surface area contributed by atoms with Crippen molar-refractivity contribution in [2.75, 3.05) is 0 Å². The Morgan fingerprint density at radius 1 is 1.24 bits per heavy atom. The molecule has 0 bridgehead atoms. The summed E-state index contributed by atoms with van der Waals surface area (Å²) in [5.41, 5.74) is 0.112. The lowest BCUT2D eigenvalue weighted by molar-refractivity contribution is 0.0924. The van der Waals surface area contributed by atoms with Gasteiger partial charge >= 0.3 is 0 Å². The fraction of sp³-hybridized carbons (Fsp3) is 0.462. The minimum absolute atomic E-state index is 0.112. The van der Waals surface area contributed by atoms with Crippen LogP contribution in [0.3, 0.4) is 0 Å². The maximum atomic E-state index is 13.4. The van der Waals surface area contributed by atoms with E-state index < -0.39 is 5.82 Å². The third kappa shape index (κ3) is 3.19. The summed E-state index contributed by atoms with van der Waals surface area (Å²) >= 11 is 5.99. The first-order chi connectivity index (χ1) is 8.16. The molecule has 0 heterocycles. The summed E-state index contributed by atoms with van der Waals surface area (Å²) in [4.78, 5) is 11.8. The molecule has 1 N–H and O–H groups in total. The fourth-order valence-electron chi connectivity index (χ4n) is 2.11. The molecule has 1 amide bonds. The average molecular weight is 256 g/mol. The van der Waals surface area contributed by atoms with Gasteiger partial charge in [-0.25, -0.2) is 4.39 Å². The predicted molar refractivity (Wildman–Crippen MR) is 65.8 cm³/mol. The minimum atomic E-state index is -0.476. The molecule has 1 saturated carbocycles. The number of nitrogens with one attached hydrogen (secondary N) is 1. The van der Waals surface area contributed by atoms with Crippen LogP contribution in [-0.4, -0.2) is 17.3 Å². The van der Waals surface area contributed by atoms with Gasteiger partial charge in [0.1, 0.15) is 5.82 Å². The van der Waals surface area contributed by atoms with Crippen LogP contribution >= 0.6 is 11.6 Å². The second-order valence-electron chi connectivity index (χ2n) is 4.40. The summed E-state index contributed by atoms with van der Waals surface area (Å²) in [5.74, 6) is -0.808. The van der Waals surface area contributed by atoms with Crippen LogP contribution in [0, 0.1) is 5.82 Å². The van der Waals surface area contributed by atoms with Crippen molar-refractivity contribution < 1.29 is 9.18 Å². The molecule has 4 heteroatoms. The molecule has 0 aromatic heterocycles. The van der Waals surface area contributed by atoms with E-state index in [4.69, 9.17) is 11.6 Å². The first-order valence-corrected chi connectivity index (χ1v) is 6.30. The number of hydrogen-bond acceptors (Lipinski definition) is 1. The Labute approximate surface area is 105 Å². The third-order valence-electron chi connectivity index (χ3n) is 3.11. The second-order valence-corrected chi connectivity index (χ2v) is 5.02. The lowest BCUT2D eigenvalue weighted by atomic mass is 9.95. The quantitative estimate of drug-likeness (QED) is 0.809. The van der Waals surface area contributed by atoms with Gasteiger partial charge in [0.15, 0.2) is 0 Å². The number of carbonyl (C=O) groups is 1. The van der Waals surface area contributed by atoms with Crippen molar-refractivity contribution in [2.45, 2.75) is 37.1 Å². The Balaban J connectivity index is 1.96. The van der Waals surface area contributed by atoms with Crippen LogP contribution in [0.5, 0.6) is 0 Å². The molecular formula is C13H15ClFNO. The number of amides is 1. The monoisotopic (exact) mass is 255 g/mol. The van der Waals surface area contributed by atoms with E-state index in [0.29, 0.717) is 0 Å². The van der Waals surface area contributed by atoms with Crippen molar-refractivity contribution in [2.24, 2.45) is 0 Å². The molecule has 1 aromatic carbocycles. The van der Waals surface area contributed by atoms with Crippen LogP contribution in [0.15, 0.2) is 24.3 Å². The molecule has 0 aliphatic heterocycles. The van der Waals surface area contributed by atoms with Gasteiger partial charge in [0.05, 0.1) is 5.56 Å². The van der Waals surface area contributed by atoms with E-state index in [1.165, 1.54) is 12.1 Å². The molecule has 0 saturated heterocycles. The van der Waals surface area contributed by atoms with E-state index in [-0.39, 0.29) is 22.9 Å². The van der Waals surface area contributed by atoms with E-state index in [1.807, 2.05) is 0 Å². The van der Waals surface area contributed by atoms with Crippen molar-refractivity contribution in [3.05, 3.63) is 35.6 Å². The molecular weight excluding hydrogens is 241 g/mol. The normalized spacial score (nSPS) is 24.4. The number of benzene rings is 1. The lowest BCUT2D eigenvalue weighted by Gasteiger charge is -2.25. The van der Waals surface area contributed by atoms with Gasteiger partial charge in [0.25, 0.3) is 5.91 Å².